The molecule has 0 saturated heterocycles. The van der Waals surface area contributed by atoms with Crippen LogP contribution in [0.4, 0.5) is 0 Å². The second kappa shape index (κ2) is 10.7. The van der Waals surface area contributed by atoms with Gasteiger partial charge in [0.15, 0.2) is 0 Å². The Balaban J connectivity index is 1.55. The summed E-state index contributed by atoms with van der Waals surface area (Å²) in [6.07, 6.45) is 14.2. The van der Waals surface area contributed by atoms with Crippen molar-refractivity contribution < 1.29 is 23.1 Å². The van der Waals surface area contributed by atoms with Crippen LogP contribution < -0.4 is 0 Å². The standard InChI is InChI=1S/C29H50O5Si2/c1-28-15-14-26-24(25(28)11-12-27(28)34-36(6,7)8)10-9-22-19-23(33-35(3,4)5)13-16-29(22,26)20-32-21-31-18-17-30-2/h12-13,19,24-26H,9-11,14-18,20-21H2,1-8H3/t24-,25-,26+,28-,29+/m0/s1. The normalized spacial score (nSPS) is 34.1. The van der Waals surface area contributed by atoms with Crippen molar-refractivity contribution >= 4 is 16.6 Å². The molecule has 0 heterocycles. The lowest BCUT2D eigenvalue weighted by atomic mass is 9.47. The Bertz CT molecular complexity index is 883. The molecule has 4 rings (SSSR count). The molecule has 0 aromatic carbocycles. The van der Waals surface area contributed by atoms with Crippen molar-refractivity contribution in [2.75, 3.05) is 33.7 Å². The molecule has 0 aliphatic heterocycles. The van der Waals surface area contributed by atoms with Crippen LogP contribution in [0.5, 0.6) is 0 Å². The summed E-state index contributed by atoms with van der Waals surface area (Å²) in [4.78, 5) is 0. The summed E-state index contributed by atoms with van der Waals surface area (Å²) in [5.74, 6) is 4.38. The van der Waals surface area contributed by atoms with Crippen LogP contribution in [0, 0.1) is 28.6 Å². The lowest BCUT2D eigenvalue weighted by Crippen LogP contribution is -2.52. The van der Waals surface area contributed by atoms with E-state index < -0.39 is 16.6 Å². The number of rotatable bonds is 11. The highest BCUT2D eigenvalue weighted by atomic mass is 28.4. The second-order valence-corrected chi connectivity index (χ2v) is 22.5. The summed E-state index contributed by atoms with van der Waals surface area (Å²) in [7, 11) is -1.58. The van der Waals surface area contributed by atoms with Gasteiger partial charge in [-0.2, -0.15) is 0 Å². The highest BCUT2D eigenvalue weighted by Crippen LogP contribution is 2.65. The average Bonchev–Trinajstić information content (AvgIpc) is 3.10. The number of methoxy groups -OCH3 is 1. The third-order valence-corrected chi connectivity index (χ3v) is 10.5. The molecule has 0 N–H and O–H groups in total. The molecule has 0 radical (unpaired) electrons. The zero-order valence-corrected chi connectivity index (χ0v) is 26.1. The first kappa shape index (κ1) is 28.1. The zero-order valence-electron chi connectivity index (χ0n) is 24.1. The Morgan fingerprint density at radius 3 is 2.36 bits per heavy atom. The van der Waals surface area contributed by atoms with Crippen LogP contribution in [0.15, 0.2) is 35.3 Å². The molecule has 0 bridgehead atoms. The summed E-state index contributed by atoms with van der Waals surface area (Å²) >= 11 is 0. The van der Waals surface area contributed by atoms with Gasteiger partial charge < -0.3 is 23.1 Å². The van der Waals surface area contributed by atoms with Gasteiger partial charge in [-0.3, -0.25) is 0 Å². The molecule has 4 aliphatic rings. The predicted molar refractivity (Wildman–Crippen MR) is 150 cm³/mol. The molecule has 0 aromatic heterocycles. The van der Waals surface area contributed by atoms with Crippen molar-refractivity contribution in [2.24, 2.45) is 28.6 Å². The molecule has 4 aliphatic carbocycles. The van der Waals surface area contributed by atoms with Gasteiger partial charge in [-0.1, -0.05) is 12.5 Å². The molecule has 2 saturated carbocycles. The minimum Gasteiger partial charge on any atom is -0.547 e. The number of fused-ring (bicyclic) bond motifs is 5. The molecule has 2 fully saturated rings. The van der Waals surface area contributed by atoms with Gasteiger partial charge in [0.25, 0.3) is 0 Å². The van der Waals surface area contributed by atoms with E-state index in [9.17, 15) is 0 Å². The number of allylic oxidation sites excluding steroid dienone is 4. The van der Waals surface area contributed by atoms with Gasteiger partial charge in [0.2, 0.25) is 16.6 Å². The van der Waals surface area contributed by atoms with Crippen LogP contribution in [-0.2, 0) is 23.1 Å². The van der Waals surface area contributed by atoms with Gasteiger partial charge in [0, 0.05) is 17.9 Å². The summed E-state index contributed by atoms with van der Waals surface area (Å²) < 4.78 is 30.2. The van der Waals surface area contributed by atoms with Crippen LogP contribution in [0.1, 0.15) is 45.4 Å². The quantitative estimate of drug-likeness (QED) is 0.159. The number of hydrogen-bond donors (Lipinski definition) is 0. The van der Waals surface area contributed by atoms with Crippen LogP contribution in [-0.4, -0.2) is 50.4 Å². The Hall–Kier alpha value is -0.866. The Morgan fingerprint density at radius 2 is 1.67 bits per heavy atom. The third-order valence-electron chi connectivity index (χ3n) is 8.83. The first-order valence-electron chi connectivity index (χ1n) is 14.0. The van der Waals surface area contributed by atoms with E-state index in [0.29, 0.717) is 37.8 Å². The summed E-state index contributed by atoms with van der Waals surface area (Å²) in [6, 6.07) is 0. The lowest BCUT2D eigenvalue weighted by Gasteiger charge is -2.58. The largest absolute Gasteiger partial charge is 0.547 e. The van der Waals surface area contributed by atoms with E-state index in [1.54, 1.807) is 12.7 Å². The van der Waals surface area contributed by atoms with Gasteiger partial charge in [-0.15, -0.1) is 0 Å². The van der Waals surface area contributed by atoms with Gasteiger partial charge in [0.1, 0.15) is 6.79 Å². The Kier molecular flexibility index (Phi) is 8.38. The molecule has 7 heteroatoms. The smallest absolute Gasteiger partial charge is 0.242 e. The number of ether oxygens (including phenoxy) is 3. The molecule has 36 heavy (non-hydrogen) atoms. The fraction of sp³-hybridized carbons (Fsp3) is 0.793. The highest BCUT2D eigenvalue weighted by Gasteiger charge is 2.59. The van der Waals surface area contributed by atoms with Gasteiger partial charge >= 0.3 is 0 Å². The molecule has 5 atom stereocenters. The molecule has 5 nitrogen and oxygen atoms in total. The molecular formula is C29H50O5Si2. The van der Waals surface area contributed by atoms with Crippen molar-refractivity contribution in [1.82, 2.24) is 0 Å². The van der Waals surface area contributed by atoms with Crippen molar-refractivity contribution in [2.45, 2.75) is 84.7 Å². The molecular weight excluding hydrogens is 484 g/mol. The number of hydrogen-bond acceptors (Lipinski definition) is 5. The van der Waals surface area contributed by atoms with E-state index >= 15 is 0 Å². The van der Waals surface area contributed by atoms with E-state index in [2.05, 4.69) is 64.4 Å². The van der Waals surface area contributed by atoms with Gasteiger partial charge in [-0.05, 0) is 114 Å². The second-order valence-electron chi connectivity index (χ2n) is 13.6. The minimum absolute atomic E-state index is 0.0452. The summed E-state index contributed by atoms with van der Waals surface area (Å²) in [5.41, 5.74) is 1.78. The van der Waals surface area contributed by atoms with E-state index in [0.717, 1.165) is 31.6 Å². The zero-order chi connectivity index (χ0) is 26.2. The molecule has 0 spiro atoms. The summed E-state index contributed by atoms with van der Waals surface area (Å²) in [6.45, 7) is 18.4. The van der Waals surface area contributed by atoms with Crippen LogP contribution >= 0.6 is 0 Å². The fourth-order valence-corrected chi connectivity index (χ4v) is 9.21. The van der Waals surface area contributed by atoms with Crippen molar-refractivity contribution in [1.29, 1.82) is 0 Å². The first-order valence-corrected chi connectivity index (χ1v) is 20.8. The van der Waals surface area contributed by atoms with Gasteiger partial charge in [0.05, 0.1) is 31.3 Å². The lowest BCUT2D eigenvalue weighted by molar-refractivity contribution is -0.119. The highest BCUT2D eigenvalue weighted by molar-refractivity contribution is 6.70. The third kappa shape index (κ3) is 5.90. The van der Waals surface area contributed by atoms with Crippen LogP contribution in [0.2, 0.25) is 39.3 Å². The van der Waals surface area contributed by atoms with E-state index in [4.69, 9.17) is 23.1 Å². The topological polar surface area (TPSA) is 46.2 Å². The monoisotopic (exact) mass is 534 g/mol. The van der Waals surface area contributed by atoms with Crippen LogP contribution in [0.25, 0.3) is 0 Å². The summed E-state index contributed by atoms with van der Waals surface area (Å²) in [5, 5.41) is 0. The van der Waals surface area contributed by atoms with Crippen LogP contribution in [0.3, 0.4) is 0 Å². The maximum absolute atomic E-state index is 6.67. The molecule has 0 aromatic rings. The van der Waals surface area contributed by atoms with Gasteiger partial charge in [-0.25, -0.2) is 0 Å². The average molecular weight is 535 g/mol. The maximum Gasteiger partial charge on any atom is 0.242 e. The predicted octanol–water partition coefficient (Wildman–Crippen LogP) is 7.26. The molecule has 204 valence electrons. The minimum atomic E-state index is -1.65. The van der Waals surface area contributed by atoms with Crippen molar-refractivity contribution in [3.05, 3.63) is 35.3 Å². The molecule has 0 amide bonds. The van der Waals surface area contributed by atoms with Crippen molar-refractivity contribution in [3.8, 4) is 0 Å². The van der Waals surface area contributed by atoms with Crippen molar-refractivity contribution in [3.63, 3.8) is 0 Å². The van der Waals surface area contributed by atoms with E-state index in [1.165, 1.54) is 25.0 Å². The maximum atomic E-state index is 6.67. The fourth-order valence-electron chi connectivity index (χ4n) is 7.38. The SMILES string of the molecule is COCCOCOC[C@]12CC=C(O[Si](C)(C)C)C=C1CC[C@@H]1[C@H]2CC[C@]2(C)C(O[Si](C)(C)C)=CC[C@@H]12. The first-order chi connectivity index (χ1) is 16.9. The van der Waals surface area contributed by atoms with E-state index in [-0.39, 0.29) is 10.8 Å². The molecule has 0 unspecified atom stereocenters. The van der Waals surface area contributed by atoms with E-state index in [1.807, 2.05) is 0 Å². The Labute approximate surface area is 221 Å². The Morgan fingerprint density at radius 1 is 0.917 bits per heavy atom.